The average molecular weight is 159 g/mol. The highest BCUT2D eigenvalue weighted by Gasteiger charge is 2.09. The fourth-order valence-electron chi connectivity index (χ4n) is 0.440. The first-order chi connectivity index (χ1) is 5.06. The normalized spacial score (nSPS) is 12.8. The van der Waals surface area contributed by atoms with E-state index in [2.05, 4.69) is 0 Å². The Balaban J connectivity index is 3.52. The lowest BCUT2D eigenvalue weighted by Crippen LogP contribution is -2.18. The van der Waals surface area contributed by atoms with Gasteiger partial charge in [0, 0.05) is 0 Å². The van der Waals surface area contributed by atoms with E-state index in [9.17, 15) is 4.79 Å². The van der Waals surface area contributed by atoms with Gasteiger partial charge >= 0.3 is 6.16 Å². The van der Waals surface area contributed by atoms with Crippen LogP contribution in [0.4, 0.5) is 4.79 Å². The molecule has 0 rings (SSSR count). The maximum Gasteiger partial charge on any atom is 0.508 e. The van der Waals surface area contributed by atoms with Gasteiger partial charge < -0.3 is 9.47 Å². The van der Waals surface area contributed by atoms with Crippen molar-refractivity contribution in [1.82, 2.24) is 0 Å². The molecule has 0 bridgehead atoms. The van der Waals surface area contributed by atoms with Gasteiger partial charge in [0.1, 0.15) is 6.10 Å². The predicted molar refractivity (Wildman–Crippen MR) is 42.1 cm³/mol. The maximum absolute atomic E-state index is 10.8. The van der Waals surface area contributed by atoms with E-state index in [4.69, 9.17) is 9.47 Å². The molecule has 0 aliphatic heterocycles. The molecular formula is C8H15O3. The maximum atomic E-state index is 10.8. The van der Waals surface area contributed by atoms with Crippen LogP contribution in [0.15, 0.2) is 0 Å². The molecular weight excluding hydrogens is 144 g/mol. The second kappa shape index (κ2) is 4.99. The first-order valence-electron chi connectivity index (χ1n) is 3.73. The molecule has 0 fully saturated rings. The summed E-state index contributed by atoms with van der Waals surface area (Å²) in [5.74, 6) is 0. The first-order valence-corrected chi connectivity index (χ1v) is 3.73. The van der Waals surface area contributed by atoms with Crippen molar-refractivity contribution < 1.29 is 14.3 Å². The summed E-state index contributed by atoms with van der Waals surface area (Å²) in [6, 6.07) is 0. The van der Waals surface area contributed by atoms with Crippen molar-refractivity contribution in [2.24, 2.45) is 0 Å². The highest BCUT2D eigenvalue weighted by Crippen LogP contribution is 1.99. The Labute approximate surface area is 67.7 Å². The molecule has 3 heteroatoms. The van der Waals surface area contributed by atoms with E-state index in [1.54, 1.807) is 27.2 Å². The van der Waals surface area contributed by atoms with Crippen molar-refractivity contribution in [2.45, 2.75) is 39.9 Å². The Bertz CT molecular complexity index is 121. The Hall–Kier alpha value is -0.730. The second-order valence-electron chi connectivity index (χ2n) is 2.57. The van der Waals surface area contributed by atoms with Crippen LogP contribution < -0.4 is 0 Å². The van der Waals surface area contributed by atoms with Gasteiger partial charge in [-0.25, -0.2) is 4.79 Å². The lowest BCUT2D eigenvalue weighted by Gasteiger charge is -2.12. The lowest BCUT2D eigenvalue weighted by atomic mass is 10.3. The van der Waals surface area contributed by atoms with Crippen LogP contribution in [0.3, 0.4) is 0 Å². The van der Waals surface area contributed by atoms with Gasteiger partial charge in [-0.05, 0) is 27.2 Å². The average Bonchev–Trinajstić information content (AvgIpc) is 1.85. The first kappa shape index (κ1) is 10.3. The molecule has 0 amide bonds. The summed E-state index contributed by atoms with van der Waals surface area (Å²) in [6.07, 6.45) is 0.875. The third-order valence-corrected chi connectivity index (χ3v) is 1.08. The van der Waals surface area contributed by atoms with Crippen molar-refractivity contribution in [2.75, 3.05) is 0 Å². The number of ether oxygens (including phenoxy) is 2. The van der Waals surface area contributed by atoms with E-state index >= 15 is 0 Å². The van der Waals surface area contributed by atoms with Crippen molar-refractivity contribution in [3.05, 3.63) is 6.42 Å². The van der Waals surface area contributed by atoms with Crippen LogP contribution in [0.25, 0.3) is 0 Å². The van der Waals surface area contributed by atoms with Gasteiger partial charge in [0.05, 0.1) is 6.10 Å². The number of carbonyl (C=O) groups excluding carboxylic acids is 1. The van der Waals surface area contributed by atoms with Gasteiger partial charge in [-0.15, -0.1) is 0 Å². The summed E-state index contributed by atoms with van der Waals surface area (Å²) in [5.41, 5.74) is 0. The zero-order valence-electron chi connectivity index (χ0n) is 7.46. The van der Waals surface area contributed by atoms with Crippen LogP contribution in [0, 0.1) is 6.42 Å². The summed E-state index contributed by atoms with van der Waals surface area (Å²) >= 11 is 0. The summed E-state index contributed by atoms with van der Waals surface area (Å²) in [7, 11) is 0. The largest absolute Gasteiger partial charge is 0.508 e. The highest BCUT2D eigenvalue weighted by atomic mass is 16.7. The SMILES string of the molecule is C[CH][C@H](C)OC(=O)OC(C)C. The van der Waals surface area contributed by atoms with E-state index in [1.165, 1.54) is 0 Å². The molecule has 0 heterocycles. The van der Waals surface area contributed by atoms with Gasteiger partial charge in [0.2, 0.25) is 0 Å². The fraction of sp³-hybridized carbons (Fsp3) is 0.750. The molecule has 0 unspecified atom stereocenters. The summed E-state index contributed by atoms with van der Waals surface area (Å²) in [6.45, 7) is 7.16. The molecule has 1 radical (unpaired) electrons. The van der Waals surface area contributed by atoms with Crippen molar-refractivity contribution in [3.63, 3.8) is 0 Å². The molecule has 0 aromatic carbocycles. The lowest BCUT2D eigenvalue weighted by molar-refractivity contribution is 0.0197. The third-order valence-electron chi connectivity index (χ3n) is 1.08. The van der Waals surface area contributed by atoms with Crippen LogP contribution >= 0.6 is 0 Å². The Morgan fingerprint density at radius 1 is 1.27 bits per heavy atom. The van der Waals surface area contributed by atoms with Gasteiger partial charge in [-0.2, -0.15) is 0 Å². The summed E-state index contributed by atoms with van der Waals surface area (Å²) in [5, 5.41) is 0. The molecule has 11 heavy (non-hydrogen) atoms. The molecule has 0 aliphatic rings. The minimum atomic E-state index is -0.606. The van der Waals surface area contributed by atoms with E-state index in [-0.39, 0.29) is 12.2 Å². The van der Waals surface area contributed by atoms with Crippen molar-refractivity contribution in [1.29, 1.82) is 0 Å². The third kappa shape index (κ3) is 5.70. The van der Waals surface area contributed by atoms with Gasteiger partial charge in [-0.1, -0.05) is 6.92 Å². The molecule has 0 aromatic rings. The zero-order valence-corrected chi connectivity index (χ0v) is 7.46. The standard InChI is InChI=1S/C8H15O3/c1-5-7(4)11-8(9)10-6(2)3/h5-7H,1-4H3/t7-/m0/s1. The molecule has 3 nitrogen and oxygen atoms in total. The van der Waals surface area contributed by atoms with Crippen molar-refractivity contribution >= 4 is 6.16 Å². The van der Waals surface area contributed by atoms with Crippen LogP contribution in [-0.2, 0) is 9.47 Å². The molecule has 0 saturated heterocycles. The number of hydrogen-bond acceptors (Lipinski definition) is 3. The Morgan fingerprint density at radius 2 is 1.82 bits per heavy atom. The highest BCUT2D eigenvalue weighted by molar-refractivity contribution is 5.60. The Morgan fingerprint density at radius 3 is 2.18 bits per heavy atom. The van der Waals surface area contributed by atoms with E-state index < -0.39 is 6.16 Å². The molecule has 1 atom stereocenters. The number of hydrogen-bond donors (Lipinski definition) is 0. The van der Waals surface area contributed by atoms with Gasteiger partial charge in [0.25, 0.3) is 0 Å². The van der Waals surface area contributed by atoms with Crippen LogP contribution in [0.5, 0.6) is 0 Å². The van der Waals surface area contributed by atoms with Gasteiger partial charge in [-0.3, -0.25) is 0 Å². The zero-order chi connectivity index (χ0) is 8.85. The van der Waals surface area contributed by atoms with E-state index in [1.807, 2.05) is 6.92 Å². The van der Waals surface area contributed by atoms with Crippen LogP contribution in [0.1, 0.15) is 27.7 Å². The predicted octanol–water partition coefficient (Wildman–Crippen LogP) is 2.16. The van der Waals surface area contributed by atoms with Crippen LogP contribution in [-0.4, -0.2) is 18.4 Å². The smallest absolute Gasteiger partial charge is 0.432 e. The fourth-order valence-corrected chi connectivity index (χ4v) is 0.440. The molecule has 0 saturated carbocycles. The minimum Gasteiger partial charge on any atom is -0.432 e. The minimum absolute atomic E-state index is 0.119. The number of rotatable bonds is 3. The van der Waals surface area contributed by atoms with Crippen molar-refractivity contribution in [3.8, 4) is 0 Å². The molecule has 0 N–H and O–H groups in total. The molecule has 0 spiro atoms. The molecule has 65 valence electrons. The number of carbonyl (C=O) groups is 1. The van der Waals surface area contributed by atoms with E-state index in [0.717, 1.165) is 0 Å². The van der Waals surface area contributed by atoms with Gasteiger partial charge in [0.15, 0.2) is 0 Å². The summed E-state index contributed by atoms with van der Waals surface area (Å²) in [4.78, 5) is 10.8. The topological polar surface area (TPSA) is 35.5 Å². The monoisotopic (exact) mass is 159 g/mol. The molecule has 0 aromatic heterocycles. The van der Waals surface area contributed by atoms with E-state index in [0.29, 0.717) is 0 Å². The van der Waals surface area contributed by atoms with Crippen LogP contribution in [0.2, 0.25) is 0 Å². The molecule has 0 aliphatic carbocycles. The quantitative estimate of drug-likeness (QED) is 0.592. The second-order valence-corrected chi connectivity index (χ2v) is 2.57. The Kier molecular flexibility index (Phi) is 4.66. The summed E-state index contributed by atoms with van der Waals surface area (Å²) < 4.78 is 9.54.